The molecule has 2 amide bonds. The lowest BCUT2D eigenvalue weighted by Crippen LogP contribution is -2.42. The molecule has 2 aromatic rings. The van der Waals surface area contributed by atoms with Crippen LogP contribution in [0.2, 0.25) is 0 Å². The molecular formula is C24H27N3O2S. The van der Waals surface area contributed by atoms with E-state index in [9.17, 15) is 9.59 Å². The fourth-order valence-corrected chi connectivity index (χ4v) is 5.28. The van der Waals surface area contributed by atoms with Gasteiger partial charge in [0.05, 0.1) is 5.69 Å². The largest absolute Gasteiger partial charge is 0.326 e. The molecule has 1 atom stereocenters. The number of aliphatic imine (C=N–C) groups is 1. The second-order valence-electron chi connectivity index (χ2n) is 7.90. The number of amidine groups is 1. The van der Waals surface area contributed by atoms with E-state index in [1.807, 2.05) is 66.4 Å². The first kappa shape index (κ1) is 20.7. The van der Waals surface area contributed by atoms with Gasteiger partial charge in [-0.05, 0) is 43.5 Å². The summed E-state index contributed by atoms with van der Waals surface area (Å²) in [6, 6.07) is 17.6. The zero-order valence-electron chi connectivity index (χ0n) is 17.2. The second-order valence-corrected chi connectivity index (χ2v) is 9.07. The minimum absolute atomic E-state index is 0.0153. The van der Waals surface area contributed by atoms with E-state index in [2.05, 4.69) is 5.32 Å². The number of nitrogens with one attached hydrogen (secondary N) is 1. The molecule has 1 heterocycles. The maximum Gasteiger partial charge on any atom is 0.242 e. The van der Waals surface area contributed by atoms with Crippen LogP contribution in [0.15, 0.2) is 59.6 Å². The van der Waals surface area contributed by atoms with Crippen LogP contribution >= 0.6 is 11.8 Å². The summed E-state index contributed by atoms with van der Waals surface area (Å²) < 4.78 is 0. The molecule has 0 spiro atoms. The lowest BCUT2D eigenvalue weighted by atomic mass is 9.94. The summed E-state index contributed by atoms with van der Waals surface area (Å²) >= 11 is 1.42. The number of hydrogen-bond donors (Lipinski definition) is 1. The Balaban J connectivity index is 1.52. The molecule has 1 saturated heterocycles. The third-order valence-electron chi connectivity index (χ3n) is 5.68. The van der Waals surface area contributed by atoms with Crippen LogP contribution in [0.25, 0.3) is 0 Å². The van der Waals surface area contributed by atoms with E-state index in [1.54, 1.807) is 0 Å². The van der Waals surface area contributed by atoms with E-state index in [-0.39, 0.29) is 24.3 Å². The number of amides is 2. The van der Waals surface area contributed by atoms with Gasteiger partial charge in [0.25, 0.3) is 0 Å². The van der Waals surface area contributed by atoms with Gasteiger partial charge in [-0.15, -0.1) is 0 Å². The number of anilines is 1. The normalized spacial score (nSPS) is 21.2. The van der Waals surface area contributed by atoms with Crippen molar-refractivity contribution in [2.24, 2.45) is 4.99 Å². The number of benzene rings is 2. The van der Waals surface area contributed by atoms with Crippen molar-refractivity contribution in [2.45, 2.75) is 56.7 Å². The van der Waals surface area contributed by atoms with Gasteiger partial charge in [-0.1, -0.05) is 67.4 Å². The number of aryl methyl sites for hydroxylation is 1. The molecule has 2 fully saturated rings. The van der Waals surface area contributed by atoms with Crippen LogP contribution in [-0.2, 0) is 9.59 Å². The molecule has 6 heteroatoms. The van der Waals surface area contributed by atoms with Crippen LogP contribution in [0.4, 0.5) is 11.4 Å². The highest BCUT2D eigenvalue weighted by Gasteiger charge is 2.42. The molecule has 2 aliphatic rings. The highest BCUT2D eigenvalue weighted by atomic mass is 32.2. The Hall–Kier alpha value is -2.60. The molecule has 1 saturated carbocycles. The minimum Gasteiger partial charge on any atom is -0.326 e. The Bertz CT molecular complexity index is 938. The average molecular weight is 422 g/mol. The fourth-order valence-electron chi connectivity index (χ4n) is 4.06. The SMILES string of the molecule is Cc1ccccc1NC(=O)CC1SC(=Nc2ccccc2)N(C2CCCCC2)C1=O. The lowest BCUT2D eigenvalue weighted by molar-refractivity contribution is -0.130. The molecule has 1 N–H and O–H groups in total. The Kier molecular flexibility index (Phi) is 6.53. The Morgan fingerprint density at radius 3 is 2.50 bits per heavy atom. The van der Waals surface area contributed by atoms with Crippen LogP contribution in [0.1, 0.15) is 44.1 Å². The Morgan fingerprint density at radius 1 is 1.07 bits per heavy atom. The number of rotatable bonds is 5. The summed E-state index contributed by atoms with van der Waals surface area (Å²) in [6.07, 6.45) is 5.64. The van der Waals surface area contributed by atoms with Gasteiger partial charge in [0.2, 0.25) is 11.8 Å². The average Bonchev–Trinajstić information content (AvgIpc) is 3.05. The minimum atomic E-state index is -0.432. The summed E-state index contributed by atoms with van der Waals surface area (Å²) in [5.41, 5.74) is 2.63. The molecule has 0 aromatic heterocycles. The number of carbonyl (C=O) groups is 2. The van der Waals surface area contributed by atoms with Gasteiger partial charge in [-0.2, -0.15) is 0 Å². The van der Waals surface area contributed by atoms with Gasteiger partial charge < -0.3 is 5.32 Å². The van der Waals surface area contributed by atoms with Crippen molar-refractivity contribution in [1.29, 1.82) is 0 Å². The van der Waals surface area contributed by atoms with Crippen molar-refractivity contribution in [2.75, 3.05) is 5.32 Å². The Labute approximate surface area is 182 Å². The van der Waals surface area contributed by atoms with Gasteiger partial charge in [0.1, 0.15) is 5.25 Å². The van der Waals surface area contributed by atoms with E-state index < -0.39 is 5.25 Å². The maximum absolute atomic E-state index is 13.3. The number of nitrogens with zero attached hydrogens (tertiary/aromatic N) is 2. The zero-order valence-corrected chi connectivity index (χ0v) is 18.0. The third-order valence-corrected chi connectivity index (χ3v) is 6.83. The monoisotopic (exact) mass is 421 g/mol. The number of thioether (sulfide) groups is 1. The van der Waals surface area contributed by atoms with Crippen molar-refractivity contribution in [3.63, 3.8) is 0 Å². The van der Waals surface area contributed by atoms with E-state index in [4.69, 9.17) is 4.99 Å². The van der Waals surface area contributed by atoms with Crippen molar-refractivity contribution < 1.29 is 9.59 Å². The summed E-state index contributed by atoms with van der Waals surface area (Å²) in [7, 11) is 0. The zero-order chi connectivity index (χ0) is 20.9. The van der Waals surface area contributed by atoms with Gasteiger partial charge >= 0.3 is 0 Å². The van der Waals surface area contributed by atoms with E-state index in [1.165, 1.54) is 18.2 Å². The molecule has 1 aliphatic carbocycles. The molecular weight excluding hydrogens is 394 g/mol. The predicted octanol–water partition coefficient (Wildman–Crippen LogP) is 5.29. The number of carbonyl (C=O) groups excluding carboxylic acids is 2. The smallest absolute Gasteiger partial charge is 0.242 e. The molecule has 156 valence electrons. The van der Waals surface area contributed by atoms with E-state index >= 15 is 0 Å². The first-order valence-electron chi connectivity index (χ1n) is 10.6. The van der Waals surface area contributed by atoms with Crippen molar-refractivity contribution in [3.8, 4) is 0 Å². The quantitative estimate of drug-likeness (QED) is 0.714. The molecule has 4 rings (SSSR count). The lowest BCUT2D eigenvalue weighted by Gasteiger charge is -2.30. The van der Waals surface area contributed by atoms with Gasteiger partial charge in [0.15, 0.2) is 5.17 Å². The highest BCUT2D eigenvalue weighted by Crippen LogP contribution is 2.36. The molecule has 0 bridgehead atoms. The predicted molar refractivity (Wildman–Crippen MR) is 123 cm³/mol. The van der Waals surface area contributed by atoms with Gasteiger partial charge in [-0.3, -0.25) is 14.5 Å². The van der Waals surface area contributed by atoms with Crippen molar-refractivity contribution in [1.82, 2.24) is 4.90 Å². The first-order chi connectivity index (χ1) is 14.6. The molecule has 1 aliphatic heterocycles. The number of hydrogen-bond acceptors (Lipinski definition) is 4. The number of para-hydroxylation sites is 2. The molecule has 30 heavy (non-hydrogen) atoms. The topological polar surface area (TPSA) is 61.8 Å². The summed E-state index contributed by atoms with van der Waals surface area (Å²) in [6.45, 7) is 1.96. The highest BCUT2D eigenvalue weighted by molar-refractivity contribution is 8.15. The molecule has 1 unspecified atom stereocenters. The van der Waals surface area contributed by atoms with Crippen molar-refractivity contribution >= 4 is 40.1 Å². The van der Waals surface area contributed by atoms with Crippen molar-refractivity contribution in [3.05, 3.63) is 60.2 Å². The van der Waals surface area contributed by atoms with Crippen LogP contribution in [0.5, 0.6) is 0 Å². The standard InChI is InChI=1S/C24H27N3O2S/c1-17-10-8-9-15-20(17)26-22(28)16-21-23(29)27(19-13-6-3-7-14-19)24(30-21)25-18-11-4-2-5-12-18/h2,4-5,8-12,15,19,21H,3,6-7,13-14,16H2,1H3,(H,26,28). The van der Waals surface area contributed by atoms with Crippen LogP contribution < -0.4 is 5.32 Å². The summed E-state index contributed by atoms with van der Waals surface area (Å²) in [4.78, 5) is 32.6. The Morgan fingerprint density at radius 2 is 1.77 bits per heavy atom. The summed E-state index contributed by atoms with van der Waals surface area (Å²) in [5.74, 6) is -0.124. The van der Waals surface area contributed by atoms with E-state index in [0.29, 0.717) is 0 Å². The maximum atomic E-state index is 13.3. The fraction of sp³-hybridized carbons (Fsp3) is 0.375. The van der Waals surface area contributed by atoms with Crippen LogP contribution in [0, 0.1) is 6.92 Å². The summed E-state index contributed by atoms with van der Waals surface area (Å²) in [5, 5.41) is 3.25. The third kappa shape index (κ3) is 4.75. The van der Waals surface area contributed by atoms with E-state index in [0.717, 1.165) is 47.8 Å². The van der Waals surface area contributed by atoms with Crippen LogP contribution in [-0.4, -0.2) is 33.2 Å². The van der Waals surface area contributed by atoms with Gasteiger partial charge in [0, 0.05) is 18.2 Å². The van der Waals surface area contributed by atoms with Gasteiger partial charge in [-0.25, -0.2) is 4.99 Å². The molecule has 2 aromatic carbocycles. The molecule has 0 radical (unpaired) electrons. The first-order valence-corrected chi connectivity index (χ1v) is 11.5. The molecule has 5 nitrogen and oxygen atoms in total. The van der Waals surface area contributed by atoms with Crippen LogP contribution in [0.3, 0.4) is 0 Å². The second kappa shape index (κ2) is 9.47.